The minimum absolute atomic E-state index is 0.0195. The monoisotopic (exact) mass is 337 g/mol. The van der Waals surface area contributed by atoms with E-state index in [1.54, 1.807) is 0 Å². The van der Waals surface area contributed by atoms with E-state index < -0.39 is 18.6 Å². The molecule has 10 heteroatoms. The van der Waals surface area contributed by atoms with Crippen LogP contribution in [0.15, 0.2) is 4.99 Å². The molecule has 1 atom stereocenters. The number of hydrogen-bond donors (Lipinski definition) is 3. The average molecular weight is 337 g/mol. The van der Waals surface area contributed by atoms with E-state index in [-0.39, 0.29) is 18.5 Å². The van der Waals surface area contributed by atoms with Crippen LogP contribution in [0.4, 0.5) is 13.2 Å². The van der Waals surface area contributed by atoms with Gasteiger partial charge in [0.05, 0.1) is 0 Å². The first-order valence-corrected chi connectivity index (χ1v) is 7.33. The Morgan fingerprint density at radius 2 is 2.17 bits per heavy atom. The fraction of sp³-hybridized carbons (Fsp3) is 0.769. The van der Waals surface area contributed by atoms with Crippen molar-refractivity contribution < 1.29 is 22.8 Å². The number of guanidine groups is 1. The Morgan fingerprint density at radius 3 is 2.70 bits per heavy atom. The van der Waals surface area contributed by atoms with Gasteiger partial charge in [0.25, 0.3) is 0 Å². The normalized spacial score (nSPS) is 19.1. The van der Waals surface area contributed by atoms with Gasteiger partial charge >= 0.3 is 6.18 Å². The van der Waals surface area contributed by atoms with E-state index >= 15 is 0 Å². The van der Waals surface area contributed by atoms with Gasteiger partial charge in [-0.15, -0.1) is 0 Å². The third-order valence-corrected chi connectivity index (χ3v) is 3.17. The summed E-state index contributed by atoms with van der Waals surface area (Å²) in [6, 6.07) is -0.0338. The summed E-state index contributed by atoms with van der Waals surface area (Å²) in [4.78, 5) is 27.4. The molecule has 0 saturated carbocycles. The standard InChI is InChI=1S/C13H22F3N5O2/c1-3-17-12(20-9-4-5-10(22)18-6-9)19-7-11(23)21(2)8-13(14,15)16/h9H,3-8H2,1-2H3,(H,18,22)(H2,17,19,20). The number of carbonyl (C=O) groups is 2. The van der Waals surface area contributed by atoms with Gasteiger partial charge in [0.1, 0.15) is 13.1 Å². The van der Waals surface area contributed by atoms with E-state index in [0.29, 0.717) is 36.8 Å². The molecule has 0 aromatic heterocycles. The molecule has 1 fully saturated rings. The van der Waals surface area contributed by atoms with Crippen molar-refractivity contribution >= 4 is 17.8 Å². The highest BCUT2D eigenvalue weighted by molar-refractivity contribution is 5.85. The molecule has 1 saturated heterocycles. The van der Waals surface area contributed by atoms with Gasteiger partial charge in [0, 0.05) is 32.6 Å². The lowest BCUT2D eigenvalue weighted by molar-refractivity contribution is -0.157. The van der Waals surface area contributed by atoms with Crippen LogP contribution in [-0.4, -0.2) is 68.1 Å². The van der Waals surface area contributed by atoms with Crippen molar-refractivity contribution in [3.05, 3.63) is 0 Å². The van der Waals surface area contributed by atoms with E-state index in [2.05, 4.69) is 20.9 Å². The summed E-state index contributed by atoms with van der Waals surface area (Å²) in [5, 5.41) is 8.67. The Hall–Kier alpha value is -2.00. The van der Waals surface area contributed by atoms with Crippen molar-refractivity contribution in [2.45, 2.75) is 32.0 Å². The number of nitrogens with one attached hydrogen (secondary N) is 3. The van der Waals surface area contributed by atoms with Crippen LogP contribution in [-0.2, 0) is 9.59 Å². The molecule has 23 heavy (non-hydrogen) atoms. The summed E-state index contributed by atoms with van der Waals surface area (Å²) in [6.07, 6.45) is -3.42. The van der Waals surface area contributed by atoms with Crippen LogP contribution in [0.2, 0.25) is 0 Å². The largest absolute Gasteiger partial charge is 0.406 e. The smallest absolute Gasteiger partial charge is 0.357 e. The first kappa shape index (κ1) is 19.0. The molecule has 0 aromatic carbocycles. The van der Waals surface area contributed by atoms with E-state index in [1.165, 1.54) is 0 Å². The average Bonchev–Trinajstić information content (AvgIpc) is 2.45. The number of piperidine rings is 1. The van der Waals surface area contributed by atoms with Crippen molar-refractivity contribution in [2.75, 3.05) is 33.2 Å². The number of amides is 2. The zero-order chi connectivity index (χ0) is 17.5. The van der Waals surface area contributed by atoms with Crippen molar-refractivity contribution in [1.29, 1.82) is 0 Å². The number of hydrogen-bond acceptors (Lipinski definition) is 3. The van der Waals surface area contributed by atoms with Gasteiger partial charge in [-0.3, -0.25) is 9.59 Å². The number of halogens is 3. The molecule has 2 amide bonds. The Kier molecular flexibility index (Phi) is 7.11. The van der Waals surface area contributed by atoms with Crippen LogP contribution < -0.4 is 16.0 Å². The molecule has 0 spiro atoms. The maximum absolute atomic E-state index is 12.2. The molecule has 132 valence electrons. The van der Waals surface area contributed by atoms with E-state index in [4.69, 9.17) is 0 Å². The predicted molar refractivity (Wildman–Crippen MR) is 78.8 cm³/mol. The number of rotatable bonds is 5. The molecule has 1 rings (SSSR count). The minimum atomic E-state index is -4.43. The molecule has 1 unspecified atom stereocenters. The van der Waals surface area contributed by atoms with Gasteiger partial charge in [-0.25, -0.2) is 4.99 Å². The molecule has 1 heterocycles. The van der Waals surface area contributed by atoms with E-state index in [9.17, 15) is 22.8 Å². The maximum atomic E-state index is 12.2. The Bertz CT molecular complexity index is 443. The molecule has 7 nitrogen and oxygen atoms in total. The van der Waals surface area contributed by atoms with Crippen molar-refractivity contribution in [3.8, 4) is 0 Å². The SMILES string of the molecule is CCNC(=NCC(=O)N(C)CC(F)(F)F)NC1CCC(=O)NC1. The van der Waals surface area contributed by atoms with E-state index in [1.807, 2.05) is 6.92 Å². The minimum Gasteiger partial charge on any atom is -0.357 e. The summed E-state index contributed by atoms with van der Waals surface area (Å²) in [6.45, 7) is 1.11. The van der Waals surface area contributed by atoms with Crippen LogP contribution in [0.1, 0.15) is 19.8 Å². The summed E-state index contributed by atoms with van der Waals surface area (Å²) in [5.41, 5.74) is 0. The number of nitrogens with zero attached hydrogens (tertiary/aromatic N) is 2. The lowest BCUT2D eigenvalue weighted by Gasteiger charge is -2.25. The van der Waals surface area contributed by atoms with Crippen LogP contribution >= 0.6 is 0 Å². The van der Waals surface area contributed by atoms with Gasteiger partial charge in [0.2, 0.25) is 11.8 Å². The van der Waals surface area contributed by atoms with Crippen molar-refractivity contribution in [3.63, 3.8) is 0 Å². The van der Waals surface area contributed by atoms with Crippen molar-refractivity contribution in [1.82, 2.24) is 20.9 Å². The molecule has 0 aromatic rings. The molecular weight excluding hydrogens is 315 g/mol. The number of likely N-dealkylation sites (N-methyl/N-ethyl adjacent to an activating group) is 1. The second kappa shape index (κ2) is 8.59. The lowest BCUT2D eigenvalue weighted by Crippen LogP contribution is -2.51. The van der Waals surface area contributed by atoms with Gasteiger partial charge in [-0.05, 0) is 13.3 Å². The molecule has 3 N–H and O–H groups in total. The summed E-state index contributed by atoms with van der Waals surface area (Å²) in [5.74, 6) is -0.409. The number of carbonyl (C=O) groups excluding carboxylic acids is 2. The molecule has 1 aliphatic heterocycles. The zero-order valence-corrected chi connectivity index (χ0v) is 13.2. The highest BCUT2D eigenvalue weighted by Gasteiger charge is 2.31. The number of aliphatic imine (C=N–C) groups is 1. The summed E-state index contributed by atoms with van der Waals surface area (Å²) < 4.78 is 36.7. The molecule has 0 aliphatic carbocycles. The molecule has 0 radical (unpaired) electrons. The van der Waals surface area contributed by atoms with Crippen LogP contribution in [0, 0.1) is 0 Å². The van der Waals surface area contributed by atoms with Crippen LogP contribution in [0.3, 0.4) is 0 Å². The maximum Gasteiger partial charge on any atom is 0.406 e. The quantitative estimate of drug-likeness (QED) is 0.481. The third-order valence-electron chi connectivity index (χ3n) is 3.17. The molecule has 1 aliphatic rings. The topological polar surface area (TPSA) is 85.8 Å². The van der Waals surface area contributed by atoms with Gasteiger partial charge < -0.3 is 20.9 Å². The van der Waals surface area contributed by atoms with E-state index in [0.717, 1.165) is 7.05 Å². The Labute approximate surface area is 132 Å². The van der Waals surface area contributed by atoms with Gasteiger partial charge in [0.15, 0.2) is 5.96 Å². The number of alkyl halides is 3. The van der Waals surface area contributed by atoms with Crippen molar-refractivity contribution in [2.24, 2.45) is 4.99 Å². The van der Waals surface area contributed by atoms with Crippen LogP contribution in [0.25, 0.3) is 0 Å². The predicted octanol–water partition coefficient (Wildman–Crippen LogP) is -0.159. The Morgan fingerprint density at radius 1 is 1.48 bits per heavy atom. The van der Waals surface area contributed by atoms with Crippen LogP contribution in [0.5, 0.6) is 0 Å². The highest BCUT2D eigenvalue weighted by atomic mass is 19.4. The molecule has 0 bridgehead atoms. The highest BCUT2D eigenvalue weighted by Crippen LogP contribution is 2.15. The first-order valence-electron chi connectivity index (χ1n) is 7.33. The Balaban J connectivity index is 2.53. The second-order valence-electron chi connectivity index (χ2n) is 5.24. The molecular formula is C13H22F3N5O2. The summed E-state index contributed by atoms with van der Waals surface area (Å²) in [7, 11) is 1.09. The second-order valence-corrected chi connectivity index (χ2v) is 5.24. The van der Waals surface area contributed by atoms with Gasteiger partial charge in [-0.2, -0.15) is 13.2 Å². The zero-order valence-electron chi connectivity index (χ0n) is 13.2. The van der Waals surface area contributed by atoms with Gasteiger partial charge in [-0.1, -0.05) is 0 Å². The lowest BCUT2D eigenvalue weighted by atomic mass is 10.1. The summed E-state index contributed by atoms with van der Waals surface area (Å²) >= 11 is 0. The fourth-order valence-corrected chi connectivity index (χ4v) is 1.99. The third kappa shape index (κ3) is 7.71. The first-order chi connectivity index (χ1) is 10.7. The fourth-order valence-electron chi connectivity index (χ4n) is 1.99.